The average molecular weight is 187 g/mol. The highest BCUT2D eigenvalue weighted by Crippen LogP contribution is 1.95. The molecule has 0 radical (unpaired) electrons. The first-order valence-corrected chi connectivity index (χ1v) is 4.12. The molecule has 0 saturated carbocycles. The van der Waals surface area contributed by atoms with Gasteiger partial charge in [0.2, 0.25) is 5.91 Å². The van der Waals surface area contributed by atoms with Crippen molar-refractivity contribution >= 4 is 11.8 Å². The minimum absolute atomic E-state index is 0.154. The van der Waals surface area contributed by atoms with Crippen LogP contribution in [0.15, 0.2) is 0 Å². The summed E-state index contributed by atoms with van der Waals surface area (Å²) >= 11 is 0. The zero-order chi connectivity index (χ0) is 9.84. The van der Waals surface area contributed by atoms with Gasteiger partial charge in [-0.05, 0) is 6.42 Å². The van der Waals surface area contributed by atoms with Crippen molar-refractivity contribution in [3.63, 3.8) is 0 Å². The molecule has 6 nitrogen and oxygen atoms in total. The molecule has 1 fully saturated rings. The van der Waals surface area contributed by atoms with Crippen LogP contribution in [0, 0.1) is 0 Å². The van der Waals surface area contributed by atoms with E-state index in [9.17, 15) is 9.59 Å². The number of carbonyl (C=O) groups is 2. The molecule has 6 heteroatoms. The van der Waals surface area contributed by atoms with Crippen LogP contribution in [0.3, 0.4) is 0 Å². The summed E-state index contributed by atoms with van der Waals surface area (Å²) in [6.07, 6.45) is 0.543. The van der Waals surface area contributed by atoms with E-state index in [2.05, 4.69) is 15.6 Å². The van der Waals surface area contributed by atoms with E-state index in [0.29, 0.717) is 6.42 Å². The number of hydrogen-bond acceptors (Lipinski definition) is 4. The fourth-order valence-electron chi connectivity index (χ4n) is 0.914. The molecule has 2 atom stereocenters. The monoisotopic (exact) mass is 187 g/mol. The van der Waals surface area contributed by atoms with Gasteiger partial charge in [0.15, 0.2) is 0 Å². The molecule has 1 heterocycles. The summed E-state index contributed by atoms with van der Waals surface area (Å²) in [5, 5.41) is 2.48. The summed E-state index contributed by atoms with van der Waals surface area (Å²) in [4.78, 5) is 26.8. The molecular formula is C7H13N3O3. The van der Waals surface area contributed by atoms with Gasteiger partial charge in [0.1, 0.15) is 12.6 Å². The first kappa shape index (κ1) is 9.94. The molecule has 0 aliphatic carbocycles. The third kappa shape index (κ3) is 2.40. The molecule has 0 aromatic carbocycles. The van der Waals surface area contributed by atoms with Gasteiger partial charge < -0.3 is 11.1 Å². The van der Waals surface area contributed by atoms with Gasteiger partial charge in [-0.2, -0.15) is 0 Å². The highest BCUT2D eigenvalue weighted by Gasteiger charge is 2.28. The molecule has 0 aromatic heterocycles. The van der Waals surface area contributed by atoms with Gasteiger partial charge in [-0.3, -0.25) is 14.4 Å². The summed E-state index contributed by atoms with van der Waals surface area (Å²) in [5.41, 5.74) is 7.59. The van der Waals surface area contributed by atoms with E-state index >= 15 is 0 Å². The standard InChI is InChI=1S/C7H13N3O3/c1-2-4(8)6(11)9-5-3-13-10-7(5)12/h4-5H,2-3,8H2,1H3,(H,9,11)(H,10,12)/t4-,5?/m1/s1. The first-order chi connectivity index (χ1) is 6.15. The van der Waals surface area contributed by atoms with Crippen LogP contribution in [0.25, 0.3) is 0 Å². The molecule has 4 N–H and O–H groups in total. The van der Waals surface area contributed by atoms with Crippen molar-refractivity contribution < 1.29 is 14.4 Å². The van der Waals surface area contributed by atoms with Gasteiger partial charge in [-0.25, -0.2) is 5.48 Å². The minimum atomic E-state index is -0.606. The summed E-state index contributed by atoms with van der Waals surface area (Å²) in [6.45, 7) is 1.95. The van der Waals surface area contributed by atoms with E-state index in [1.54, 1.807) is 6.92 Å². The topological polar surface area (TPSA) is 93.5 Å². The fraction of sp³-hybridized carbons (Fsp3) is 0.714. The van der Waals surface area contributed by atoms with E-state index in [4.69, 9.17) is 5.73 Å². The second-order valence-electron chi connectivity index (χ2n) is 2.85. The zero-order valence-electron chi connectivity index (χ0n) is 7.37. The minimum Gasteiger partial charge on any atom is -0.341 e. The van der Waals surface area contributed by atoms with E-state index in [-0.39, 0.29) is 18.4 Å². The number of hydrogen-bond donors (Lipinski definition) is 3. The molecule has 0 aromatic rings. The van der Waals surface area contributed by atoms with E-state index in [0.717, 1.165) is 0 Å². The largest absolute Gasteiger partial charge is 0.341 e. The van der Waals surface area contributed by atoms with Crippen molar-refractivity contribution in [1.82, 2.24) is 10.8 Å². The Balaban J connectivity index is 2.39. The Morgan fingerprint density at radius 1 is 1.92 bits per heavy atom. The SMILES string of the molecule is CC[C@@H](N)C(=O)NC1CONC1=O. The van der Waals surface area contributed by atoms with Crippen molar-refractivity contribution in [2.24, 2.45) is 5.73 Å². The third-order valence-corrected chi connectivity index (χ3v) is 1.83. The second kappa shape index (κ2) is 4.20. The number of rotatable bonds is 3. The van der Waals surface area contributed by atoms with Crippen LogP contribution < -0.4 is 16.5 Å². The third-order valence-electron chi connectivity index (χ3n) is 1.83. The molecule has 1 aliphatic rings. The molecule has 0 bridgehead atoms. The molecule has 1 aliphatic heterocycles. The molecule has 1 rings (SSSR count). The number of amides is 2. The normalized spacial score (nSPS) is 23.8. The molecule has 0 spiro atoms. The van der Waals surface area contributed by atoms with Crippen LogP contribution in [-0.4, -0.2) is 30.5 Å². The van der Waals surface area contributed by atoms with Gasteiger partial charge >= 0.3 is 0 Å². The predicted molar refractivity (Wildman–Crippen MR) is 44.3 cm³/mol. The maximum atomic E-state index is 11.2. The van der Waals surface area contributed by atoms with Gasteiger partial charge in [0.05, 0.1) is 6.04 Å². The van der Waals surface area contributed by atoms with Crippen LogP contribution in [-0.2, 0) is 14.4 Å². The van der Waals surface area contributed by atoms with Crippen LogP contribution in [0.4, 0.5) is 0 Å². The Labute approximate surface area is 75.8 Å². The lowest BCUT2D eigenvalue weighted by molar-refractivity contribution is -0.129. The average Bonchev–Trinajstić information content (AvgIpc) is 2.50. The quantitative estimate of drug-likeness (QED) is 0.489. The first-order valence-electron chi connectivity index (χ1n) is 4.12. The van der Waals surface area contributed by atoms with Crippen molar-refractivity contribution in [2.45, 2.75) is 25.4 Å². The van der Waals surface area contributed by atoms with Gasteiger partial charge in [-0.1, -0.05) is 6.92 Å². The van der Waals surface area contributed by atoms with Crippen molar-refractivity contribution in [1.29, 1.82) is 0 Å². The van der Waals surface area contributed by atoms with Crippen LogP contribution in [0.1, 0.15) is 13.3 Å². The number of nitrogens with two attached hydrogens (primary N) is 1. The maximum absolute atomic E-state index is 11.2. The maximum Gasteiger partial charge on any atom is 0.268 e. The Kier molecular flexibility index (Phi) is 3.21. The predicted octanol–water partition coefficient (Wildman–Crippen LogP) is -1.73. The van der Waals surface area contributed by atoms with Crippen molar-refractivity contribution in [3.05, 3.63) is 0 Å². The van der Waals surface area contributed by atoms with Crippen LogP contribution in [0.5, 0.6) is 0 Å². The smallest absolute Gasteiger partial charge is 0.268 e. The van der Waals surface area contributed by atoms with Crippen LogP contribution >= 0.6 is 0 Å². The van der Waals surface area contributed by atoms with Gasteiger partial charge in [-0.15, -0.1) is 0 Å². The van der Waals surface area contributed by atoms with Crippen molar-refractivity contribution in [3.8, 4) is 0 Å². The second-order valence-corrected chi connectivity index (χ2v) is 2.85. The highest BCUT2D eigenvalue weighted by atomic mass is 16.7. The lowest BCUT2D eigenvalue weighted by atomic mass is 10.2. The molecule has 1 saturated heterocycles. The molecule has 13 heavy (non-hydrogen) atoms. The molecule has 1 unspecified atom stereocenters. The number of carbonyl (C=O) groups excluding carboxylic acids is 2. The Morgan fingerprint density at radius 3 is 3.08 bits per heavy atom. The fourth-order valence-corrected chi connectivity index (χ4v) is 0.914. The Hall–Kier alpha value is -1.14. The van der Waals surface area contributed by atoms with E-state index in [1.165, 1.54) is 0 Å². The summed E-state index contributed by atoms with van der Waals surface area (Å²) in [5.74, 6) is -0.662. The Bertz CT molecular complexity index is 219. The number of nitrogens with one attached hydrogen (secondary N) is 2. The van der Waals surface area contributed by atoms with Gasteiger partial charge in [0, 0.05) is 0 Å². The van der Waals surface area contributed by atoms with Gasteiger partial charge in [0.25, 0.3) is 5.91 Å². The molecule has 2 amide bonds. The van der Waals surface area contributed by atoms with Crippen molar-refractivity contribution in [2.75, 3.05) is 6.61 Å². The Morgan fingerprint density at radius 2 is 2.62 bits per heavy atom. The number of hydroxylamine groups is 1. The van der Waals surface area contributed by atoms with Crippen LogP contribution in [0.2, 0.25) is 0 Å². The highest BCUT2D eigenvalue weighted by molar-refractivity contribution is 5.90. The lowest BCUT2D eigenvalue weighted by Crippen LogP contribution is -2.48. The van der Waals surface area contributed by atoms with E-state index in [1.807, 2.05) is 0 Å². The van der Waals surface area contributed by atoms with E-state index < -0.39 is 12.1 Å². The lowest BCUT2D eigenvalue weighted by Gasteiger charge is -2.12. The zero-order valence-corrected chi connectivity index (χ0v) is 7.37. The summed E-state index contributed by atoms with van der Waals surface area (Å²) in [7, 11) is 0. The summed E-state index contributed by atoms with van der Waals surface area (Å²) in [6, 6.07) is -1.17. The molecule has 74 valence electrons. The summed E-state index contributed by atoms with van der Waals surface area (Å²) < 4.78 is 0. The molecular weight excluding hydrogens is 174 g/mol.